The minimum absolute atomic E-state index is 0.877. The van der Waals surface area contributed by atoms with E-state index in [1.807, 2.05) is 18.2 Å². The minimum Gasteiger partial charge on any atom is -0.197 e. The summed E-state index contributed by atoms with van der Waals surface area (Å²) >= 11 is 1.59. The van der Waals surface area contributed by atoms with Crippen LogP contribution in [0.4, 0.5) is 0 Å². The van der Waals surface area contributed by atoms with E-state index >= 15 is 0 Å². The van der Waals surface area contributed by atoms with E-state index in [-0.39, 0.29) is 0 Å². The summed E-state index contributed by atoms with van der Waals surface area (Å²) < 4.78 is 0. The van der Waals surface area contributed by atoms with Gasteiger partial charge >= 0.3 is 0 Å². The molecule has 0 unspecified atom stereocenters. The molecule has 3 nitrogen and oxygen atoms in total. The van der Waals surface area contributed by atoms with Crippen LogP contribution in [-0.4, -0.2) is 15.4 Å². The zero-order valence-corrected chi connectivity index (χ0v) is 10.4. The van der Waals surface area contributed by atoms with Gasteiger partial charge in [0.25, 0.3) is 0 Å². The first-order valence-corrected chi connectivity index (χ1v) is 6.42. The normalized spacial score (nSPS) is 10.4. The van der Waals surface area contributed by atoms with Gasteiger partial charge in [-0.3, -0.25) is 0 Å². The molecule has 0 saturated heterocycles. The van der Waals surface area contributed by atoms with Crippen LogP contribution in [0, 0.1) is 0 Å². The third-order valence-electron chi connectivity index (χ3n) is 2.58. The second-order valence-corrected chi connectivity index (χ2v) is 4.89. The molecule has 88 valence electrons. The van der Waals surface area contributed by atoms with Crippen molar-refractivity contribution in [3.8, 4) is 11.1 Å². The SMILES string of the molecule is c1ccc(-c2ccc(Sc3cn[nH]n3)cc2)cc1. The first-order chi connectivity index (χ1) is 8.92. The fraction of sp³-hybridized carbons (Fsp3) is 0. The highest BCUT2D eigenvalue weighted by atomic mass is 32.2. The highest BCUT2D eigenvalue weighted by molar-refractivity contribution is 7.99. The largest absolute Gasteiger partial charge is 0.197 e. The lowest BCUT2D eigenvalue weighted by atomic mass is 10.1. The third kappa shape index (κ3) is 2.43. The lowest BCUT2D eigenvalue weighted by Gasteiger charge is -2.02. The summed E-state index contributed by atoms with van der Waals surface area (Å²) in [7, 11) is 0. The Labute approximate surface area is 109 Å². The molecule has 0 fully saturated rings. The van der Waals surface area contributed by atoms with Crippen molar-refractivity contribution in [1.29, 1.82) is 0 Å². The minimum atomic E-state index is 0.877. The van der Waals surface area contributed by atoms with E-state index in [4.69, 9.17) is 0 Å². The van der Waals surface area contributed by atoms with Gasteiger partial charge in [-0.25, -0.2) is 0 Å². The Morgan fingerprint density at radius 2 is 1.56 bits per heavy atom. The van der Waals surface area contributed by atoms with Crippen molar-refractivity contribution in [2.75, 3.05) is 0 Å². The summed E-state index contributed by atoms with van der Waals surface area (Å²) in [4.78, 5) is 1.16. The second-order valence-electron chi connectivity index (χ2n) is 3.80. The molecule has 18 heavy (non-hydrogen) atoms. The van der Waals surface area contributed by atoms with Crippen LogP contribution in [0.25, 0.3) is 11.1 Å². The molecule has 3 rings (SSSR count). The average molecular weight is 253 g/mol. The van der Waals surface area contributed by atoms with Gasteiger partial charge in [-0.15, -0.1) is 5.10 Å². The van der Waals surface area contributed by atoms with Crippen molar-refractivity contribution in [3.05, 3.63) is 60.8 Å². The van der Waals surface area contributed by atoms with Gasteiger partial charge < -0.3 is 0 Å². The molecular weight excluding hydrogens is 242 g/mol. The average Bonchev–Trinajstić information content (AvgIpc) is 2.94. The van der Waals surface area contributed by atoms with E-state index < -0.39 is 0 Å². The van der Waals surface area contributed by atoms with Gasteiger partial charge in [0.15, 0.2) is 0 Å². The number of rotatable bonds is 3. The van der Waals surface area contributed by atoms with E-state index in [9.17, 15) is 0 Å². The van der Waals surface area contributed by atoms with Crippen LogP contribution in [0.15, 0.2) is 70.7 Å². The molecule has 0 amide bonds. The van der Waals surface area contributed by atoms with Gasteiger partial charge in [-0.2, -0.15) is 10.3 Å². The van der Waals surface area contributed by atoms with Crippen LogP contribution in [0.5, 0.6) is 0 Å². The molecule has 3 aromatic rings. The van der Waals surface area contributed by atoms with E-state index in [0.29, 0.717) is 0 Å². The molecule has 0 spiro atoms. The number of benzene rings is 2. The molecule has 0 bridgehead atoms. The lowest BCUT2D eigenvalue weighted by Crippen LogP contribution is -1.78. The molecule has 1 aromatic heterocycles. The van der Waals surface area contributed by atoms with Crippen LogP contribution in [0.2, 0.25) is 0 Å². The summed E-state index contributed by atoms with van der Waals surface area (Å²) in [6.45, 7) is 0. The Hall–Kier alpha value is -2.07. The summed E-state index contributed by atoms with van der Waals surface area (Å²) in [5.41, 5.74) is 2.45. The molecule has 1 N–H and O–H groups in total. The fourth-order valence-electron chi connectivity index (χ4n) is 1.71. The lowest BCUT2D eigenvalue weighted by molar-refractivity contribution is 0.911. The number of hydrogen-bond donors (Lipinski definition) is 1. The first-order valence-electron chi connectivity index (χ1n) is 5.61. The van der Waals surface area contributed by atoms with Crippen LogP contribution < -0.4 is 0 Å². The Morgan fingerprint density at radius 3 is 2.22 bits per heavy atom. The van der Waals surface area contributed by atoms with Crippen LogP contribution in [0.1, 0.15) is 0 Å². The smallest absolute Gasteiger partial charge is 0.143 e. The first kappa shape index (κ1) is 11.0. The maximum atomic E-state index is 4.02. The number of hydrogen-bond acceptors (Lipinski definition) is 3. The standard InChI is InChI=1S/C14H11N3S/c1-2-4-11(5-3-1)12-6-8-13(9-7-12)18-14-10-15-17-16-14/h1-10H,(H,15,16,17). The molecule has 0 aliphatic rings. The molecule has 0 atom stereocenters. The zero-order chi connectivity index (χ0) is 12.2. The van der Waals surface area contributed by atoms with Gasteiger partial charge in [0.2, 0.25) is 0 Å². The molecule has 0 radical (unpaired) electrons. The Morgan fingerprint density at radius 1 is 0.833 bits per heavy atom. The van der Waals surface area contributed by atoms with Gasteiger partial charge in [-0.1, -0.05) is 54.2 Å². The molecule has 4 heteroatoms. The molecule has 0 aliphatic carbocycles. The molecule has 2 aromatic carbocycles. The highest BCUT2D eigenvalue weighted by Crippen LogP contribution is 2.27. The number of aromatic amines is 1. The summed E-state index contributed by atoms with van der Waals surface area (Å²) in [6.07, 6.45) is 1.72. The predicted molar refractivity (Wildman–Crippen MR) is 72.4 cm³/mol. The Balaban J connectivity index is 1.81. The van der Waals surface area contributed by atoms with Crippen LogP contribution in [0.3, 0.4) is 0 Å². The molecular formula is C14H11N3S. The zero-order valence-electron chi connectivity index (χ0n) is 9.58. The predicted octanol–water partition coefficient (Wildman–Crippen LogP) is 3.62. The van der Waals surface area contributed by atoms with Crippen molar-refractivity contribution in [2.24, 2.45) is 0 Å². The maximum absolute atomic E-state index is 4.02. The van der Waals surface area contributed by atoms with E-state index in [1.165, 1.54) is 11.1 Å². The number of H-pyrrole nitrogens is 1. The van der Waals surface area contributed by atoms with Crippen molar-refractivity contribution < 1.29 is 0 Å². The van der Waals surface area contributed by atoms with Crippen molar-refractivity contribution >= 4 is 11.8 Å². The molecule has 1 heterocycles. The van der Waals surface area contributed by atoms with Gasteiger partial charge in [0, 0.05) is 4.90 Å². The Bertz CT molecular complexity index is 603. The Kier molecular flexibility index (Phi) is 3.10. The van der Waals surface area contributed by atoms with Crippen molar-refractivity contribution in [1.82, 2.24) is 15.4 Å². The van der Waals surface area contributed by atoms with Crippen molar-refractivity contribution in [3.63, 3.8) is 0 Å². The van der Waals surface area contributed by atoms with Gasteiger partial charge in [-0.05, 0) is 23.3 Å². The van der Waals surface area contributed by atoms with E-state index in [0.717, 1.165) is 9.92 Å². The molecule has 0 aliphatic heterocycles. The topological polar surface area (TPSA) is 41.6 Å². The van der Waals surface area contributed by atoms with E-state index in [2.05, 4.69) is 51.8 Å². The third-order valence-corrected chi connectivity index (χ3v) is 3.49. The monoisotopic (exact) mass is 253 g/mol. The quantitative estimate of drug-likeness (QED) is 0.775. The number of aromatic nitrogens is 3. The van der Waals surface area contributed by atoms with Gasteiger partial charge in [0.1, 0.15) is 5.03 Å². The summed E-state index contributed by atoms with van der Waals surface area (Å²) in [5.74, 6) is 0. The molecule has 0 saturated carbocycles. The summed E-state index contributed by atoms with van der Waals surface area (Å²) in [5, 5.41) is 11.3. The second kappa shape index (κ2) is 5.06. The van der Waals surface area contributed by atoms with Crippen molar-refractivity contribution in [2.45, 2.75) is 9.92 Å². The maximum Gasteiger partial charge on any atom is 0.143 e. The number of nitrogens with zero attached hydrogens (tertiary/aromatic N) is 2. The van der Waals surface area contributed by atoms with E-state index in [1.54, 1.807) is 18.0 Å². The van der Waals surface area contributed by atoms with Crippen LogP contribution in [-0.2, 0) is 0 Å². The van der Waals surface area contributed by atoms with Gasteiger partial charge in [0.05, 0.1) is 6.20 Å². The highest BCUT2D eigenvalue weighted by Gasteiger charge is 2.01. The number of nitrogens with one attached hydrogen (secondary N) is 1. The van der Waals surface area contributed by atoms with Crippen LogP contribution >= 0.6 is 11.8 Å². The fourth-order valence-corrected chi connectivity index (χ4v) is 2.41. The summed E-state index contributed by atoms with van der Waals surface area (Å²) in [6, 6.07) is 18.8.